The zero-order chi connectivity index (χ0) is 29.1. The summed E-state index contributed by atoms with van der Waals surface area (Å²) in [5, 5.41) is 2.54. The molecule has 210 valence electrons. The lowest BCUT2D eigenvalue weighted by atomic mass is 9.82. The lowest BCUT2D eigenvalue weighted by molar-refractivity contribution is -0.158. The zero-order valence-electron chi connectivity index (χ0n) is 23.2. The van der Waals surface area contributed by atoms with Crippen molar-refractivity contribution in [1.29, 1.82) is 0 Å². The van der Waals surface area contributed by atoms with Gasteiger partial charge in [0.25, 0.3) is 0 Å². The Morgan fingerprint density at radius 3 is 2.10 bits per heavy atom. The quantitative estimate of drug-likeness (QED) is 0.289. The Balaban J connectivity index is 1.90. The predicted molar refractivity (Wildman–Crippen MR) is 141 cm³/mol. The van der Waals surface area contributed by atoms with Gasteiger partial charge in [-0.05, 0) is 71.2 Å². The van der Waals surface area contributed by atoms with Gasteiger partial charge >= 0.3 is 17.9 Å². The van der Waals surface area contributed by atoms with Gasteiger partial charge in [-0.1, -0.05) is 12.1 Å². The van der Waals surface area contributed by atoms with E-state index in [1.807, 2.05) is 0 Å². The monoisotopic (exact) mass is 541 g/mol. The maximum Gasteiger partial charge on any atom is 0.342 e. The van der Waals surface area contributed by atoms with E-state index in [0.717, 1.165) is 5.56 Å². The highest BCUT2D eigenvalue weighted by Gasteiger charge is 2.46. The van der Waals surface area contributed by atoms with Gasteiger partial charge in [0.2, 0.25) is 5.91 Å². The van der Waals surface area contributed by atoms with Crippen molar-refractivity contribution in [3.8, 4) is 5.75 Å². The Morgan fingerprint density at radius 2 is 1.56 bits per heavy atom. The van der Waals surface area contributed by atoms with E-state index in [4.69, 9.17) is 24.7 Å². The third kappa shape index (κ3) is 7.46. The molecule has 3 rings (SSSR count). The summed E-state index contributed by atoms with van der Waals surface area (Å²) in [6.45, 7) is 10.1. The number of nitrogens with one attached hydrogen (secondary N) is 1. The molecule has 2 atom stereocenters. The van der Waals surface area contributed by atoms with Crippen LogP contribution in [0.1, 0.15) is 73.4 Å². The van der Waals surface area contributed by atoms with Crippen molar-refractivity contribution >= 4 is 29.6 Å². The molecule has 1 amide bonds. The van der Waals surface area contributed by atoms with Gasteiger partial charge in [0, 0.05) is 6.20 Å². The number of aromatic nitrogens is 1. The smallest absolute Gasteiger partial charge is 0.342 e. The number of nitrogens with zero attached hydrogens (tertiary/aromatic N) is 1. The highest BCUT2D eigenvalue weighted by atomic mass is 16.6. The molecule has 2 heterocycles. The first-order valence-corrected chi connectivity index (χ1v) is 12.4. The summed E-state index contributed by atoms with van der Waals surface area (Å²) in [7, 11) is 1.55. The SMILES string of the molecule is COc1ccc(COC(=O)[C@H]2NC(=O)C2Cc2c(C(=O)OC(C)(C)C)cnc(N)c2C(=O)OC(C)(C)C)cc1. The minimum absolute atomic E-state index is 0.0174. The molecule has 0 bridgehead atoms. The molecule has 11 heteroatoms. The maximum absolute atomic E-state index is 13.2. The van der Waals surface area contributed by atoms with Crippen molar-refractivity contribution in [2.24, 2.45) is 5.92 Å². The van der Waals surface area contributed by atoms with Gasteiger partial charge < -0.3 is 30.0 Å². The second-order valence-electron chi connectivity index (χ2n) is 11.2. The van der Waals surface area contributed by atoms with Crippen molar-refractivity contribution in [1.82, 2.24) is 10.3 Å². The molecule has 0 saturated carbocycles. The van der Waals surface area contributed by atoms with Crippen LogP contribution in [0.5, 0.6) is 5.75 Å². The largest absolute Gasteiger partial charge is 0.497 e. The number of pyridine rings is 1. The lowest BCUT2D eigenvalue weighted by Gasteiger charge is -2.35. The molecule has 1 aliphatic heterocycles. The Kier molecular flexibility index (Phi) is 8.52. The number of benzene rings is 1. The first-order valence-electron chi connectivity index (χ1n) is 12.4. The van der Waals surface area contributed by atoms with E-state index in [1.54, 1.807) is 72.9 Å². The van der Waals surface area contributed by atoms with Crippen LogP contribution >= 0.6 is 0 Å². The van der Waals surface area contributed by atoms with Crippen LogP contribution in [0.25, 0.3) is 0 Å². The molecule has 1 aromatic carbocycles. The summed E-state index contributed by atoms with van der Waals surface area (Å²) in [4.78, 5) is 55.7. The number of methoxy groups -OCH3 is 1. The highest BCUT2D eigenvalue weighted by molar-refractivity contribution is 6.02. The summed E-state index contributed by atoms with van der Waals surface area (Å²) in [6, 6.07) is 5.98. The number of ether oxygens (including phenoxy) is 4. The van der Waals surface area contributed by atoms with E-state index in [0.29, 0.717) is 5.75 Å². The van der Waals surface area contributed by atoms with Crippen LogP contribution < -0.4 is 15.8 Å². The Bertz CT molecular complexity index is 1260. The maximum atomic E-state index is 13.2. The molecule has 0 radical (unpaired) electrons. The van der Waals surface area contributed by atoms with Crippen LogP contribution in [0, 0.1) is 5.92 Å². The summed E-state index contributed by atoms with van der Waals surface area (Å²) in [5.74, 6) is -3.12. The molecule has 1 unspecified atom stereocenters. The number of carbonyl (C=O) groups is 4. The molecule has 1 saturated heterocycles. The molecule has 1 aliphatic rings. The molecule has 11 nitrogen and oxygen atoms in total. The number of carbonyl (C=O) groups excluding carboxylic acids is 4. The molecule has 1 fully saturated rings. The fraction of sp³-hybridized carbons (Fsp3) is 0.464. The lowest BCUT2D eigenvalue weighted by Crippen LogP contribution is -2.63. The Labute approximate surface area is 227 Å². The van der Waals surface area contributed by atoms with Crippen molar-refractivity contribution in [3.05, 3.63) is 52.7 Å². The van der Waals surface area contributed by atoms with E-state index >= 15 is 0 Å². The average Bonchev–Trinajstić information content (AvgIpc) is 2.82. The minimum Gasteiger partial charge on any atom is -0.497 e. The number of hydrogen-bond acceptors (Lipinski definition) is 10. The number of esters is 3. The van der Waals surface area contributed by atoms with Crippen LogP contribution in [0.3, 0.4) is 0 Å². The van der Waals surface area contributed by atoms with E-state index in [-0.39, 0.29) is 35.5 Å². The number of rotatable bonds is 8. The van der Waals surface area contributed by atoms with Crippen LogP contribution in [0.2, 0.25) is 0 Å². The van der Waals surface area contributed by atoms with E-state index < -0.39 is 47.0 Å². The first kappa shape index (κ1) is 29.4. The Morgan fingerprint density at radius 1 is 0.974 bits per heavy atom. The number of β-lactam (4-membered cyclic amide) rings is 1. The third-order valence-corrected chi connectivity index (χ3v) is 5.69. The summed E-state index contributed by atoms with van der Waals surface area (Å²) < 4.78 is 21.6. The molecular formula is C28H35N3O8. The van der Waals surface area contributed by atoms with Gasteiger partial charge in [-0.2, -0.15) is 0 Å². The van der Waals surface area contributed by atoms with Crippen molar-refractivity contribution in [2.75, 3.05) is 12.8 Å². The van der Waals surface area contributed by atoms with E-state index in [9.17, 15) is 19.2 Å². The number of amides is 1. The van der Waals surface area contributed by atoms with Crippen molar-refractivity contribution < 1.29 is 38.1 Å². The van der Waals surface area contributed by atoms with Gasteiger partial charge in [0.05, 0.1) is 18.6 Å². The van der Waals surface area contributed by atoms with Gasteiger partial charge in [0.1, 0.15) is 41.0 Å². The first-order chi connectivity index (χ1) is 18.1. The van der Waals surface area contributed by atoms with Crippen LogP contribution in [0.15, 0.2) is 30.5 Å². The molecule has 0 aliphatic carbocycles. The van der Waals surface area contributed by atoms with Crippen molar-refractivity contribution in [3.63, 3.8) is 0 Å². The van der Waals surface area contributed by atoms with Crippen LogP contribution in [-0.2, 0) is 36.8 Å². The van der Waals surface area contributed by atoms with Crippen LogP contribution in [-0.4, -0.2) is 53.2 Å². The molecule has 39 heavy (non-hydrogen) atoms. The normalized spacial score (nSPS) is 16.9. The zero-order valence-corrected chi connectivity index (χ0v) is 23.2. The molecule has 0 spiro atoms. The highest BCUT2D eigenvalue weighted by Crippen LogP contribution is 2.30. The van der Waals surface area contributed by atoms with Gasteiger partial charge in [-0.3, -0.25) is 4.79 Å². The van der Waals surface area contributed by atoms with Gasteiger partial charge in [-0.25, -0.2) is 19.4 Å². The standard InChI is InChI=1S/C28H35N3O8/c1-27(2,3)38-24(33)19-13-30-22(29)20(25(34)39-28(4,5)6)17(19)12-18-21(31-23(18)32)26(35)37-14-15-8-10-16(36-7)11-9-15/h8-11,13,18,21H,12,14H2,1-7H3,(H2,29,30)(H,31,32)/t18?,21-/m0/s1. The topological polar surface area (TPSA) is 156 Å². The van der Waals surface area contributed by atoms with Gasteiger partial charge in [0.15, 0.2) is 0 Å². The fourth-order valence-corrected chi connectivity index (χ4v) is 3.88. The van der Waals surface area contributed by atoms with Gasteiger partial charge in [-0.15, -0.1) is 0 Å². The summed E-state index contributed by atoms with van der Waals surface area (Å²) >= 11 is 0. The predicted octanol–water partition coefficient (Wildman–Crippen LogP) is 2.98. The second kappa shape index (κ2) is 11.3. The van der Waals surface area contributed by atoms with E-state index in [1.165, 1.54) is 6.20 Å². The number of hydrogen-bond donors (Lipinski definition) is 2. The second-order valence-corrected chi connectivity index (χ2v) is 11.2. The third-order valence-electron chi connectivity index (χ3n) is 5.69. The van der Waals surface area contributed by atoms with E-state index in [2.05, 4.69) is 10.3 Å². The average molecular weight is 542 g/mol. The molecular weight excluding hydrogens is 506 g/mol. The van der Waals surface area contributed by atoms with Crippen molar-refractivity contribution in [2.45, 2.75) is 71.8 Å². The fourth-order valence-electron chi connectivity index (χ4n) is 3.88. The summed E-state index contributed by atoms with van der Waals surface area (Å²) in [5.41, 5.74) is 4.99. The number of nitrogen functional groups attached to an aromatic ring is 1. The molecule has 2 aromatic rings. The summed E-state index contributed by atoms with van der Waals surface area (Å²) in [6.07, 6.45) is 1.02. The minimum atomic E-state index is -0.997. The number of anilines is 1. The number of nitrogens with two attached hydrogens (primary N) is 1. The Hall–Kier alpha value is -4.15. The van der Waals surface area contributed by atoms with Crippen LogP contribution in [0.4, 0.5) is 5.82 Å². The molecule has 1 aromatic heterocycles. The molecule has 3 N–H and O–H groups in total.